The smallest absolute Gasteiger partial charge is 0.282 e. The number of rotatable bonds is 7. The molecule has 1 aliphatic rings. The van der Waals surface area contributed by atoms with Crippen molar-refractivity contribution in [3.05, 3.63) is 95.4 Å². The van der Waals surface area contributed by atoms with E-state index in [0.717, 1.165) is 17.0 Å². The van der Waals surface area contributed by atoms with Crippen molar-refractivity contribution in [2.45, 2.75) is 13.0 Å². The molecule has 1 atom stereocenters. The Morgan fingerprint density at radius 3 is 2.36 bits per heavy atom. The van der Waals surface area contributed by atoms with E-state index in [9.17, 15) is 9.59 Å². The van der Waals surface area contributed by atoms with Gasteiger partial charge in [-0.25, -0.2) is 4.98 Å². The summed E-state index contributed by atoms with van der Waals surface area (Å²) in [5, 5.41) is 16.4. The number of azo groups is 1. The molecule has 9 heteroatoms. The van der Waals surface area contributed by atoms with Crippen LogP contribution in [0.1, 0.15) is 22.8 Å². The minimum absolute atomic E-state index is 0.0684. The molecule has 1 aliphatic heterocycles. The van der Waals surface area contributed by atoms with Crippen LogP contribution >= 0.6 is 11.3 Å². The summed E-state index contributed by atoms with van der Waals surface area (Å²) in [4.78, 5) is 30.2. The van der Waals surface area contributed by atoms with E-state index >= 15 is 0 Å². The predicted octanol–water partition coefficient (Wildman–Crippen LogP) is 5.92. The van der Waals surface area contributed by atoms with Crippen LogP contribution in [0.4, 0.5) is 10.8 Å². The zero-order chi connectivity index (χ0) is 25.1. The summed E-state index contributed by atoms with van der Waals surface area (Å²) in [5.41, 5.74) is 3.89. The first-order valence-corrected chi connectivity index (χ1v) is 12.0. The van der Waals surface area contributed by atoms with Crippen molar-refractivity contribution in [2.24, 2.45) is 15.3 Å². The number of methoxy groups -OCH3 is 1. The molecular formula is C27H21N5O3S. The number of carbonyl (C=O) groups excluding carboxylic acids is 2. The lowest BCUT2D eigenvalue weighted by molar-refractivity contribution is -0.117. The van der Waals surface area contributed by atoms with Crippen LogP contribution in [0.3, 0.4) is 0 Å². The number of ether oxygens (including phenoxy) is 1. The van der Waals surface area contributed by atoms with Crippen LogP contribution in [0, 0.1) is 0 Å². The number of hydrazone groups is 1. The summed E-state index contributed by atoms with van der Waals surface area (Å²) < 4.78 is 5.20. The number of ketones is 1. The van der Waals surface area contributed by atoms with Crippen molar-refractivity contribution in [3.63, 3.8) is 0 Å². The highest BCUT2D eigenvalue weighted by molar-refractivity contribution is 7.14. The maximum absolute atomic E-state index is 13.0. The van der Waals surface area contributed by atoms with Crippen LogP contribution in [0.2, 0.25) is 0 Å². The van der Waals surface area contributed by atoms with Gasteiger partial charge in [-0.05, 0) is 55.5 Å². The van der Waals surface area contributed by atoms with Gasteiger partial charge in [0.15, 0.2) is 11.8 Å². The van der Waals surface area contributed by atoms with Crippen molar-refractivity contribution < 1.29 is 14.3 Å². The molecular weight excluding hydrogens is 474 g/mol. The second kappa shape index (κ2) is 10.0. The molecule has 5 rings (SSSR count). The second-order valence-electron chi connectivity index (χ2n) is 8.00. The summed E-state index contributed by atoms with van der Waals surface area (Å²) in [6, 6.07) is 22.6. The van der Waals surface area contributed by atoms with E-state index in [4.69, 9.17) is 4.74 Å². The van der Waals surface area contributed by atoms with E-state index in [2.05, 4.69) is 20.3 Å². The van der Waals surface area contributed by atoms with Crippen LogP contribution in [-0.4, -0.2) is 35.5 Å². The van der Waals surface area contributed by atoms with Crippen LogP contribution in [-0.2, 0) is 4.79 Å². The number of aromatic nitrogens is 1. The van der Waals surface area contributed by atoms with Crippen LogP contribution in [0.5, 0.6) is 5.75 Å². The first-order valence-electron chi connectivity index (χ1n) is 11.1. The fourth-order valence-electron chi connectivity index (χ4n) is 3.64. The zero-order valence-electron chi connectivity index (χ0n) is 19.5. The lowest BCUT2D eigenvalue weighted by atomic mass is 10.0. The Bertz CT molecular complexity index is 1460. The highest BCUT2D eigenvalue weighted by Crippen LogP contribution is 2.31. The van der Waals surface area contributed by atoms with Gasteiger partial charge in [0.05, 0.1) is 24.2 Å². The molecule has 0 spiro atoms. The topological polar surface area (TPSA) is 96.6 Å². The Labute approximate surface area is 211 Å². The summed E-state index contributed by atoms with van der Waals surface area (Å²) in [7, 11) is 1.62. The molecule has 36 heavy (non-hydrogen) atoms. The number of amides is 1. The van der Waals surface area contributed by atoms with Gasteiger partial charge in [0.25, 0.3) is 5.91 Å². The minimum atomic E-state index is -0.830. The molecule has 0 N–H and O–H groups in total. The third-order valence-corrected chi connectivity index (χ3v) is 6.43. The summed E-state index contributed by atoms with van der Waals surface area (Å²) in [6.07, 6.45) is 0. The first kappa shape index (κ1) is 23.3. The molecule has 0 saturated carbocycles. The highest BCUT2D eigenvalue weighted by Gasteiger charge is 2.36. The molecule has 8 nitrogen and oxygen atoms in total. The zero-order valence-corrected chi connectivity index (χ0v) is 20.3. The van der Waals surface area contributed by atoms with Gasteiger partial charge < -0.3 is 4.74 Å². The SMILES string of the molecule is COc1ccc(-c2csc(N3N=C(C)C(N=Nc4ccc(C(=O)c5ccccc5)cc4)C3=O)n2)cc1. The Hall–Kier alpha value is -4.50. The van der Waals surface area contributed by atoms with Crippen molar-refractivity contribution in [1.29, 1.82) is 0 Å². The predicted molar refractivity (Wildman–Crippen MR) is 139 cm³/mol. The van der Waals surface area contributed by atoms with E-state index in [1.54, 1.807) is 50.4 Å². The van der Waals surface area contributed by atoms with E-state index in [-0.39, 0.29) is 11.7 Å². The number of hydrogen-bond donors (Lipinski definition) is 0. The van der Waals surface area contributed by atoms with Gasteiger partial charge in [0, 0.05) is 22.1 Å². The van der Waals surface area contributed by atoms with Gasteiger partial charge in [0.2, 0.25) is 5.13 Å². The molecule has 0 fully saturated rings. The van der Waals surface area contributed by atoms with Gasteiger partial charge in [-0.15, -0.1) is 11.3 Å². The fourth-order valence-corrected chi connectivity index (χ4v) is 4.43. The first-order chi connectivity index (χ1) is 17.5. The third-order valence-electron chi connectivity index (χ3n) is 5.61. The van der Waals surface area contributed by atoms with E-state index in [1.807, 2.05) is 47.8 Å². The van der Waals surface area contributed by atoms with Gasteiger partial charge in [-0.1, -0.05) is 30.3 Å². The van der Waals surface area contributed by atoms with E-state index in [1.165, 1.54) is 16.3 Å². The van der Waals surface area contributed by atoms with E-state index in [0.29, 0.717) is 27.7 Å². The van der Waals surface area contributed by atoms with Gasteiger partial charge in [0.1, 0.15) is 5.75 Å². The maximum Gasteiger partial charge on any atom is 0.282 e. The second-order valence-corrected chi connectivity index (χ2v) is 8.83. The molecule has 1 unspecified atom stereocenters. The molecule has 1 aromatic heterocycles. The fraction of sp³-hybridized carbons (Fsp3) is 0.111. The normalized spacial score (nSPS) is 15.4. The van der Waals surface area contributed by atoms with Crippen molar-refractivity contribution in [1.82, 2.24) is 4.98 Å². The van der Waals surface area contributed by atoms with Gasteiger partial charge in [-0.2, -0.15) is 20.3 Å². The van der Waals surface area contributed by atoms with Gasteiger partial charge >= 0.3 is 0 Å². The molecule has 1 amide bonds. The van der Waals surface area contributed by atoms with Crippen LogP contribution < -0.4 is 9.75 Å². The van der Waals surface area contributed by atoms with Crippen molar-refractivity contribution >= 4 is 39.6 Å². The Balaban J connectivity index is 1.27. The molecule has 178 valence electrons. The molecule has 4 aromatic rings. The van der Waals surface area contributed by atoms with Crippen LogP contribution in [0.15, 0.2) is 99.6 Å². The average molecular weight is 496 g/mol. The maximum atomic E-state index is 13.0. The molecule has 0 aliphatic carbocycles. The third kappa shape index (κ3) is 4.69. The van der Waals surface area contributed by atoms with Crippen molar-refractivity contribution in [3.8, 4) is 17.0 Å². The van der Waals surface area contributed by atoms with Crippen molar-refractivity contribution in [2.75, 3.05) is 12.1 Å². The highest BCUT2D eigenvalue weighted by atomic mass is 32.1. The molecule has 0 radical (unpaired) electrons. The summed E-state index contributed by atoms with van der Waals surface area (Å²) >= 11 is 1.33. The number of hydrogen-bond acceptors (Lipinski definition) is 8. The molecule has 3 aromatic carbocycles. The number of anilines is 1. The quantitative estimate of drug-likeness (QED) is 0.235. The number of benzene rings is 3. The summed E-state index contributed by atoms with van der Waals surface area (Å²) in [6.45, 7) is 1.74. The number of thiazole rings is 1. The lowest BCUT2D eigenvalue weighted by Crippen LogP contribution is -2.29. The average Bonchev–Trinajstić information content (AvgIpc) is 3.52. The van der Waals surface area contributed by atoms with E-state index < -0.39 is 6.04 Å². The molecule has 2 heterocycles. The van der Waals surface area contributed by atoms with Gasteiger partial charge in [-0.3, -0.25) is 9.59 Å². The minimum Gasteiger partial charge on any atom is -0.497 e. The molecule has 0 saturated heterocycles. The standard InChI is InChI=1S/C27H21N5O3S/c1-17-24(30-29-21-12-8-20(9-13-21)25(33)19-6-4-3-5-7-19)26(34)32(31-17)27-28-23(16-36-27)18-10-14-22(35-2)15-11-18/h3-16,24H,1-2H3. The Morgan fingerprint density at radius 1 is 0.972 bits per heavy atom. The Kier molecular flexibility index (Phi) is 6.46. The monoisotopic (exact) mass is 495 g/mol. The lowest BCUT2D eigenvalue weighted by Gasteiger charge is -2.08. The Morgan fingerprint density at radius 2 is 1.67 bits per heavy atom. The summed E-state index contributed by atoms with van der Waals surface area (Å²) in [5.74, 6) is 0.374. The number of nitrogens with zero attached hydrogens (tertiary/aromatic N) is 5. The van der Waals surface area contributed by atoms with Crippen LogP contribution in [0.25, 0.3) is 11.3 Å². The molecule has 0 bridgehead atoms. The largest absolute Gasteiger partial charge is 0.497 e. The number of carbonyl (C=O) groups is 2.